The number of nitrogens with one attached hydrogen (secondary N) is 1. The van der Waals surface area contributed by atoms with Crippen LogP contribution in [0.2, 0.25) is 0 Å². The number of hydrogen-bond donors (Lipinski definition) is 2. The van der Waals surface area contributed by atoms with Crippen LogP contribution < -0.4 is 5.32 Å². The molecule has 3 saturated heterocycles. The number of likely N-dealkylation sites (tertiary alicyclic amines) is 1. The van der Waals surface area contributed by atoms with Crippen LogP contribution in [-0.2, 0) is 20.7 Å². The molecule has 158 valence electrons. The molecule has 2 amide bonds. The number of aryl methyl sites for hydroxylation is 1. The van der Waals surface area contributed by atoms with Gasteiger partial charge in [0.05, 0.1) is 24.9 Å². The van der Waals surface area contributed by atoms with Gasteiger partial charge in [0.15, 0.2) is 0 Å². The van der Waals surface area contributed by atoms with E-state index in [1.807, 2.05) is 19.1 Å². The smallest absolute Gasteiger partial charge is 0.250 e. The van der Waals surface area contributed by atoms with Gasteiger partial charge in [0.25, 0.3) is 0 Å². The van der Waals surface area contributed by atoms with Crippen LogP contribution in [-0.4, -0.2) is 52.2 Å². The minimum absolute atomic E-state index is 0.00596. The molecule has 2 bridgehead atoms. The molecule has 0 aromatic heterocycles. The number of carbonyl (C=O) groups is 2. The second-order valence-corrected chi connectivity index (χ2v) is 9.20. The number of rotatable bonds is 8. The molecule has 5 rings (SSSR count). The Morgan fingerprint density at radius 1 is 1.31 bits per heavy atom. The number of amides is 2. The first-order chi connectivity index (χ1) is 13.9. The molecule has 6 nitrogen and oxygen atoms in total. The summed E-state index contributed by atoms with van der Waals surface area (Å²) < 4.78 is 6.04. The maximum atomic E-state index is 13.2. The van der Waals surface area contributed by atoms with Gasteiger partial charge >= 0.3 is 0 Å². The summed E-state index contributed by atoms with van der Waals surface area (Å²) >= 11 is 0. The average Bonchev–Trinajstić information content (AvgIpc) is 3.33. The minimum atomic E-state index is -0.877. The van der Waals surface area contributed by atoms with E-state index in [-0.39, 0.29) is 30.1 Å². The molecule has 2 atom stereocenters. The highest BCUT2D eigenvalue weighted by Crippen LogP contribution is 2.53. The van der Waals surface area contributed by atoms with Crippen LogP contribution in [0.1, 0.15) is 57.9 Å². The molecule has 3 heterocycles. The number of ether oxygens (including phenoxy) is 1. The quantitative estimate of drug-likeness (QED) is 0.703. The molecular weight excluding hydrogens is 368 g/mol. The van der Waals surface area contributed by atoms with Crippen LogP contribution in [0.5, 0.6) is 0 Å². The van der Waals surface area contributed by atoms with Gasteiger partial charge in [0.2, 0.25) is 11.8 Å². The van der Waals surface area contributed by atoms with Gasteiger partial charge in [-0.3, -0.25) is 9.59 Å². The molecule has 6 heteroatoms. The van der Waals surface area contributed by atoms with Crippen LogP contribution in [0.15, 0.2) is 24.3 Å². The highest BCUT2D eigenvalue weighted by atomic mass is 16.5. The predicted octanol–water partition coefficient (Wildman–Crippen LogP) is 2.89. The van der Waals surface area contributed by atoms with Gasteiger partial charge in [-0.05, 0) is 62.6 Å². The van der Waals surface area contributed by atoms with E-state index < -0.39 is 5.54 Å². The monoisotopic (exact) mass is 400 g/mol. The van der Waals surface area contributed by atoms with Gasteiger partial charge < -0.3 is 20.1 Å². The van der Waals surface area contributed by atoms with Crippen molar-refractivity contribution < 1.29 is 19.4 Å². The van der Waals surface area contributed by atoms with Gasteiger partial charge in [-0.15, -0.1) is 0 Å². The second kappa shape index (κ2) is 7.73. The van der Waals surface area contributed by atoms with E-state index in [4.69, 9.17) is 4.74 Å². The molecule has 3 aliphatic heterocycles. The van der Waals surface area contributed by atoms with Crippen LogP contribution in [0.3, 0.4) is 0 Å². The zero-order chi connectivity index (χ0) is 20.6. The fourth-order valence-electron chi connectivity index (χ4n) is 5.11. The number of carbonyl (C=O) groups excluding carboxylic acids is 2. The summed E-state index contributed by atoms with van der Waals surface area (Å²) in [6.07, 6.45) is 5.84. The van der Waals surface area contributed by atoms with Crippen molar-refractivity contribution in [2.45, 2.75) is 76.0 Å². The molecule has 2 unspecified atom stereocenters. The van der Waals surface area contributed by atoms with Crippen molar-refractivity contribution in [1.29, 1.82) is 0 Å². The van der Waals surface area contributed by atoms with Crippen LogP contribution in [0, 0.1) is 5.92 Å². The molecule has 29 heavy (non-hydrogen) atoms. The van der Waals surface area contributed by atoms with E-state index in [0.717, 1.165) is 37.8 Å². The largest absolute Gasteiger partial charge is 0.394 e. The molecule has 0 spiro atoms. The van der Waals surface area contributed by atoms with Gasteiger partial charge in [0, 0.05) is 12.1 Å². The van der Waals surface area contributed by atoms with E-state index in [1.54, 1.807) is 4.90 Å². The molecule has 4 fully saturated rings. The number of aliphatic hydroxyl groups is 1. The summed E-state index contributed by atoms with van der Waals surface area (Å²) in [6, 6.07) is 7.99. The Bertz CT molecular complexity index is 772. The molecule has 0 radical (unpaired) electrons. The van der Waals surface area contributed by atoms with Gasteiger partial charge in [0.1, 0.15) is 5.54 Å². The number of anilines is 1. The average molecular weight is 401 g/mol. The molecule has 1 aliphatic carbocycles. The Morgan fingerprint density at radius 3 is 2.66 bits per heavy atom. The van der Waals surface area contributed by atoms with Crippen LogP contribution in [0.4, 0.5) is 5.69 Å². The number of fused-ring (bicyclic) bond motifs is 1. The summed E-state index contributed by atoms with van der Waals surface area (Å²) in [5, 5.41) is 12.5. The maximum absolute atomic E-state index is 13.2. The molecule has 2 N–H and O–H groups in total. The Balaban J connectivity index is 1.43. The Hall–Kier alpha value is -1.92. The van der Waals surface area contributed by atoms with Crippen LogP contribution in [0.25, 0.3) is 0 Å². The second-order valence-electron chi connectivity index (χ2n) is 9.20. The highest BCUT2D eigenvalue weighted by molar-refractivity contribution is 6.02. The van der Waals surface area contributed by atoms with Gasteiger partial charge in [-0.1, -0.05) is 25.5 Å². The van der Waals surface area contributed by atoms with Crippen LogP contribution >= 0.6 is 0 Å². The summed E-state index contributed by atoms with van der Waals surface area (Å²) in [5.41, 5.74) is 0.762. The van der Waals surface area contributed by atoms with Crippen molar-refractivity contribution in [1.82, 2.24) is 4.90 Å². The van der Waals surface area contributed by atoms with Crippen molar-refractivity contribution in [3.63, 3.8) is 0 Å². The summed E-state index contributed by atoms with van der Waals surface area (Å²) in [7, 11) is 0. The Morgan fingerprint density at radius 2 is 2.03 bits per heavy atom. The van der Waals surface area contributed by atoms with Crippen molar-refractivity contribution in [2.75, 3.05) is 18.5 Å². The van der Waals surface area contributed by atoms with Crippen molar-refractivity contribution in [3.05, 3.63) is 29.8 Å². The molecule has 1 aromatic rings. The zero-order valence-electron chi connectivity index (χ0n) is 17.4. The summed E-state index contributed by atoms with van der Waals surface area (Å²) in [4.78, 5) is 27.5. The normalized spacial score (nSPS) is 33.1. The number of unbranched alkanes of at least 4 members (excludes halogenated alkanes) is 1. The fraction of sp³-hybridized carbons (Fsp3) is 0.652. The van der Waals surface area contributed by atoms with Crippen molar-refractivity contribution >= 4 is 17.5 Å². The first-order valence-corrected chi connectivity index (χ1v) is 10.9. The molecule has 1 aromatic carbocycles. The molecular formula is C23H32N2O4. The third-order valence-corrected chi connectivity index (χ3v) is 7.06. The summed E-state index contributed by atoms with van der Waals surface area (Å²) in [5.74, 6) is 0.240. The molecule has 1 saturated carbocycles. The van der Waals surface area contributed by atoms with E-state index in [0.29, 0.717) is 25.3 Å². The van der Waals surface area contributed by atoms with E-state index in [2.05, 4.69) is 24.4 Å². The number of hydrogen-bond acceptors (Lipinski definition) is 4. The lowest BCUT2D eigenvalue weighted by Crippen LogP contribution is -2.58. The molecule has 4 aliphatic rings. The van der Waals surface area contributed by atoms with Crippen molar-refractivity contribution in [3.8, 4) is 0 Å². The fourth-order valence-corrected chi connectivity index (χ4v) is 5.11. The van der Waals surface area contributed by atoms with E-state index >= 15 is 0 Å². The Kier molecular flexibility index (Phi) is 5.42. The van der Waals surface area contributed by atoms with Gasteiger partial charge in [-0.25, -0.2) is 0 Å². The van der Waals surface area contributed by atoms with E-state index in [9.17, 15) is 14.7 Å². The third kappa shape index (κ3) is 3.68. The Labute approximate surface area is 172 Å². The highest BCUT2D eigenvalue weighted by Gasteiger charge is 2.60. The van der Waals surface area contributed by atoms with E-state index in [1.165, 1.54) is 5.56 Å². The SMILES string of the molecule is CCCCc1ccc(NC(=O)C2(C)CCC(=O)N2CC23CC(C2)C(CO)O3)cc1. The number of aliphatic hydroxyl groups excluding tert-OH is 1. The predicted molar refractivity (Wildman–Crippen MR) is 110 cm³/mol. The topological polar surface area (TPSA) is 78.9 Å². The van der Waals surface area contributed by atoms with Crippen molar-refractivity contribution in [2.24, 2.45) is 5.92 Å². The lowest BCUT2D eigenvalue weighted by Gasteiger charge is -2.43. The first-order valence-electron chi connectivity index (χ1n) is 10.9. The first kappa shape index (κ1) is 20.4. The standard InChI is InChI=1S/C23H32N2O4/c1-3-4-5-16-6-8-18(9-7-16)24-21(28)22(2)11-10-20(27)25(22)15-23-12-17(13-23)19(14-26)29-23/h6-9,17,19,26H,3-5,10-15H2,1-2H3,(H,24,28). The summed E-state index contributed by atoms with van der Waals surface area (Å²) in [6.45, 7) is 4.48. The number of benzene rings is 1. The third-order valence-electron chi connectivity index (χ3n) is 7.06. The number of nitrogens with zero attached hydrogens (tertiary/aromatic N) is 1. The lowest BCUT2D eigenvalue weighted by atomic mass is 9.72. The maximum Gasteiger partial charge on any atom is 0.250 e. The zero-order valence-corrected chi connectivity index (χ0v) is 17.4. The minimum Gasteiger partial charge on any atom is -0.394 e. The van der Waals surface area contributed by atoms with Gasteiger partial charge in [-0.2, -0.15) is 0 Å². The lowest BCUT2D eigenvalue weighted by molar-refractivity contribution is -0.144.